The second kappa shape index (κ2) is 11.4. The number of nitrogens with zero attached hydrogens (tertiary/aromatic N) is 2. The summed E-state index contributed by atoms with van der Waals surface area (Å²) in [6.07, 6.45) is 7.46. The smallest absolute Gasteiger partial charge is 0.160 e. The summed E-state index contributed by atoms with van der Waals surface area (Å²) in [7, 11) is 0. The Morgan fingerprint density at radius 2 is 1.04 bits per heavy atom. The number of aromatic nitrogens is 2. The first-order valence-corrected chi connectivity index (χ1v) is 17.3. The van der Waals surface area contributed by atoms with Gasteiger partial charge in [-0.3, -0.25) is 0 Å². The number of fused-ring (bicyclic) bond motifs is 9. The van der Waals surface area contributed by atoms with Gasteiger partial charge in [-0.15, -0.1) is 0 Å². The van der Waals surface area contributed by atoms with Crippen molar-refractivity contribution >= 4 is 0 Å². The van der Waals surface area contributed by atoms with Crippen LogP contribution in [0.25, 0.3) is 56.2 Å². The molecule has 50 heavy (non-hydrogen) atoms. The summed E-state index contributed by atoms with van der Waals surface area (Å²) in [4.78, 5) is 10.4. The Balaban J connectivity index is 1.15. The molecule has 0 radical (unpaired) electrons. The lowest BCUT2D eigenvalue weighted by Crippen LogP contribution is -2.42. The van der Waals surface area contributed by atoms with Crippen molar-refractivity contribution in [1.82, 2.24) is 9.97 Å². The first kappa shape index (κ1) is 28.7. The van der Waals surface area contributed by atoms with Crippen LogP contribution in [0.1, 0.15) is 23.1 Å². The average molecular weight is 641 g/mol. The summed E-state index contributed by atoms with van der Waals surface area (Å²) in [6, 6.07) is 56.0. The molecule has 236 valence electrons. The zero-order valence-electron chi connectivity index (χ0n) is 27.3. The van der Waals surface area contributed by atoms with Gasteiger partial charge in [0.05, 0.1) is 16.8 Å². The molecule has 1 atom stereocenters. The number of hydrogen-bond acceptors (Lipinski definition) is 3. The number of benzene rings is 6. The average Bonchev–Trinajstić information content (AvgIpc) is 3.49. The molecule has 2 heterocycles. The summed E-state index contributed by atoms with van der Waals surface area (Å²) in [5.74, 6) is 2.68. The SMILES string of the molecule is C1=CCC2C(=C1)Oc1cc(-c3nc(-c4ccccc4)cc(-c4ccc(-c5ccccc5)cc4)n3)ccc1C21c2ccccc2-c2ccccc21. The van der Waals surface area contributed by atoms with Crippen LogP contribution < -0.4 is 4.74 Å². The molecule has 0 saturated heterocycles. The Hall–Kier alpha value is -6.32. The molecule has 3 heteroatoms. The predicted octanol–water partition coefficient (Wildman–Crippen LogP) is 11.3. The van der Waals surface area contributed by atoms with Gasteiger partial charge in [0, 0.05) is 28.2 Å². The molecule has 10 rings (SSSR count). The van der Waals surface area contributed by atoms with E-state index in [9.17, 15) is 0 Å². The van der Waals surface area contributed by atoms with Crippen molar-refractivity contribution in [3.8, 4) is 61.9 Å². The summed E-state index contributed by atoms with van der Waals surface area (Å²) in [6.45, 7) is 0. The topological polar surface area (TPSA) is 35.0 Å². The summed E-state index contributed by atoms with van der Waals surface area (Å²) >= 11 is 0. The maximum Gasteiger partial charge on any atom is 0.160 e. The monoisotopic (exact) mass is 640 g/mol. The first-order valence-electron chi connectivity index (χ1n) is 17.3. The second-order valence-corrected chi connectivity index (χ2v) is 13.3. The van der Waals surface area contributed by atoms with Crippen LogP contribution in [-0.4, -0.2) is 9.97 Å². The zero-order chi connectivity index (χ0) is 33.1. The van der Waals surface area contributed by atoms with Crippen molar-refractivity contribution in [2.75, 3.05) is 0 Å². The van der Waals surface area contributed by atoms with Crippen LogP contribution in [0.5, 0.6) is 5.75 Å². The number of ether oxygens (including phenoxy) is 1. The van der Waals surface area contributed by atoms with Crippen LogP contribution in [0.15, 0.2) is 182 Å². The van der Waals surface area contributed by atoms with Crippen LogP contribution in [0, 0.1) is 5.92 Å². The Morgan fingerprint density at radius 1 is 0.500 bits per heavy atom. The van der Waals surface area contributed by atoms with Gasteiger partial charge in [0.1, 0.15) is 11.5 Å². The number of rotatable bonds is 4. The lowest BCUT2D eigenvalue weighted by molar-refractivity contribution is 0.253. The number of hydrogen-bond donors (Lipinski definition) is 0. The van der Waals surface area contributed by atoms with E-state index in [-0.39, 0.29) is 11.3 Å². The molecule has 0 amide bonds. The van der Waals surface area contributed by atoms with Gasteiger partial charge in [0.25, 0.3) is 0 Å². The van der Waals surface area contributed by atoms with Gasteiger partial charge in [-0.2, -0.15) is 0 Å². The van der Waals surface area contributed by atoms with Crippen LogP contribution in [0.3, 0.4) is 0 Å². The van der Waals surface area contributed by atoms with Gasteiger partial charge in [0.2, 0.25) is 0 Å². The van der Waals surface area contributed by atoms with Crippen molar-refractivity contribution in [2.45, 2.75) is 11.8 Å². The van der Waals surface area contributed by atoms with Crippen molar-refractivity contribution in [3.63, 3.8) is 0 Å². The van der Waals surface area contributed by atoms with Crippen LogP contribution in [0.4, 0.5) is 0 Å². The Bertz CT molecular complexity index is 2430. The molecule has 3 aliphatic rings. The predicted molar refractivity (Wildman–Crippen MR) is 201 cm³/mol. The van der Waals surface area contributed by atoms with Crippen molar-refractivity contribution in [2.24, 2.45) is 5.92 Å². The van der Waals surface area contributed by atoms with Gasteiger partial charge in [-0.25, -0.2) is 9.97 Å². The molecule has 1 aromatic heterocycles. The highest BCUT2D eigenvalue weighted by Crippen LogP contribution is 2.63. The normalized spacial score (nSPS) is 16.1. The summed E-state index contributed by atoms with van der Waals surface area (Å²) in [5.41, 5.74) is 13.2. The minimum atomic E-state index is -0.367. The third-order valence-corrected chi connectivity index (χ3v) is 10.6. The van der Waals surface area contributed by atoms with Gasteiger partial charge in [-0.05, 0) is 58.0 Å². The molecular weight excluding hydrogens is 609 g/mol. The van der Waals surface area contributed by atoms with E-state index < -0.39 is 0 Å². The van der Waals surface area contributed by atoms with Crippen LogP contribution in [-0.2, 0) is 5.41 Å². The van der Waals surface area contributed by atoms with E-state index in [1.807, 2.05) is 12.1 Å². The van der Waals surface area contributed by atoms with Crippen molar-refractivity contribution in [3.05, 3.63) is 198 Å². The largest absolute Gasteiger partial charge is 0.461 e. The van der Waals surface area contributed by atoms with Crippen LogP contribution in [0.2, 0.25) is 0 Å². The highest BCUT2D eigenvalue weighted by Gasteiger charge is 2.55. The molecular formula is C47H32N2O. The lowest BCUT2D eigenvalue weighted by atomic mass is 9.60. The fourth-order valence-electron chi connectivity index (χ4n) is 8.37. The van der Waals surface area contributed by atoms with E-state index in [4.69, 9.17) is 14.7 Å². The van der Waals surface area contributed by atoms with E-state index in [1.165, 1.54) is 38.9 Å². The maximum absolute atomic E-state index is 6.85. The third-order valence-electron chi connectivity index (χ3n) is 10.6. The van der Waals surface area contributed by atoms with Gasteiger partial charge in [0.15, 0.2) is 5.82 Å². The minimum Gasteiger partial charge on any atom is -0.461 e. The summed E-state index contributed by atoms with van der Waals surface area (Å²) < 4.78 is 6.85. The molecule has 0 saturated carbocycles. The van der Waals surface area contributed by atoms with E-state index in [2.05, 4.69) is 164 Å². The number of allylic oxidation sites excluding steroid dienone is 4. The van der Waals surface area contributed by atoms with Crippen molar-refractivity contribution < 1.29 is 4.74 Å². The van der Waals surface area contributed by atoms with E-state index >= 15 is 0 Å². The quantitative estimate of drug-likeness (QED) is 0.192. The van der Waals surface area contributed by atoms with E-state index in [0.717, 1.165) is 46.0 Å². The Labute approximate surface area is 291 Å². The fraction of sp³-hybridized carbons (Fsp3) is 0.0638. The molecule has 1 unspecified atom stereocenters. The van der Waals surface area contributed by atoms with Crippen LogP contribution >= 0.6 is 0 Å². The van der Waals surface area contributed by atoms with Gasteiger partial charge in [-0.1, -0.05) is 158 Å². The zero-order valence-corrected chi connectivity index (χ0v) is 27.3. The molecule has 7 aromatic rings. The van der Waals surface area contributed by atoms with Gasteiger partial charge < -0.3 is 4.74 Å². The molecule has 0 N–H and O–H groups in total. The standard InChI is InChI=1S/C47H32N2O/c1-3-13-31(14-4-1)32-23-25-34(26-24-32)43-30-42(33-15-5-2-6-16-33)48-46(49-43)35-27-28-41-45(29-35)50-44-22-12-11-21-40(44)47(41)38-19-9-7-17-36(38)37-18-8-10-20-39(37)47/h1-20,22-30,40H,21H2. The second-order valence-electron chi connectivity index (χ2n) is 13.3. The van der Waals surface area contributed by atoms with E-state index in [0.29, 0.717) is 5.82 Å². The maximum atomic E-state index is 6.85. The molecule has 2 aliphatic carbocycles. The molecule has 1 aliphatic heterocycles. The van der Waals surface area contributed by atoms with Crippen molar-refractivity contribution in [1.29, 1.82) is 0 Å². The molecule has 0 bridgehead atoms. The third kappa shape index (κ3) is 4.37. The molecule has 6 aromatic carbocycles. The Morgan fingerprint density at radius 3 is 1.72 bits per heavy atom. The lowest BCUT2D eigenvalue weighted by Gasteiger charge is -2.46. The minimum absolute atomic E-state index is 0.152. The highest BCUT2D eigenvalue weighted by atomic mass is 16.5. The molecule has 0 fully saturated rings. The first-order chi connectivity index (χ1) is 24.8. The van der Waals surface area contributed by atoms with Gasteiger partial charge >= 0.3 is 0 Å². The fourth-order valence-corrected chi connectivity index (χ4v) is 8.37. The summed E-state index contributed by atoms with van der Waals surface area (Å²) in [5, 5.41) is 0. The Kier molecular flexibility index (Phi) is 6.53. The molecule has 3 nitrogen and oxygen atoms in total. The highest BCUT2D eigenvalue weighted by molar-refractivity contribution is 5.86. The molecule has 1 spiro atoms. The van der Waals surface area contributed by atoms with E-state index in [1.54, 1.807) is 0 Å².